The molecule has 2 aromatic carbocycles. The molecule has 0 saturated carbocycles. The fraction of sp³-hybridized carbons (Fsp3) is 0.143. The van der Waals surface area contributed by atoms with Gasteiger partial charge in [-0.3, -0.25) is 0 Å². The van der Waals surface area contributed by atoms with Crippen molar-refractivity contribution in [2.75, 3.05) is 18.1 Å². The lowest BCUT2D eigenvalue weighted by molar-refractivity contribution is 0.344. The maximum absolute atomic E-state index is 12.7. The third-order valence-corrected chi connectivity index (χ3v) is 3.27. The Morgan fingerprint density at radius 3 is 2.61 bits per heavy atom. The van der Waals surface area contributed by atoms with E-state index in [1.54, 1.807) is 30.0 Å². The minimum atomic E-state index is -0.213. The van der Waals surface area contributed by atoms with Crippen LogP contribution in [0.3, 0.4) is 0 Å². The van der Waals surface area contributed by atoms with Gasteiger partial charge in [-0.15, -0.1) is 11.8 Å². The first-order valence-corrected chi connectivity index (χ1v) is 6.59. The van der Waals surface area contributed by atoms with E-state index in [4.69, 9.17) is 10.5 Å². The first-order valence-electron chi connectivity index (χ1n) is 5.61. The molecule has 0 unspecified atom stereocenters. The SMILES string of the molecule is Nc1cccc(OCCSc2ccc(F)cc2)c1. The van der Waals surface area contributed by atoms with Gasteiger partial charge < -0.3 is 10.5 Å². The van der Waals surface area contributed by atoms with E-state index in [-0.39, 0.29) is 5.82 Å². The second kappa shape index (κ2) is 6.31. The molecule has 18 heavy (non-hydrogen) atoms. The zero-order valence-electron chi connectivity index (χ0n) is 9.80. The quantitative estimate of drug-likeness (QED) is 0.509. The molecule has 0 aliphatic carbocycles. The van der Waals surface area contributed by atoms with E-state index in [0.717, 1.165) is 16.4 Å². The Morgan fingerprint density at radius 2 is 1.89 bits per heavy atom. The van der Waals surface area contributed by atoms with E-state index < -0.39 is 0 Å². The largest absolute Gasteiger partial charge is 0.493 e. The van der Waals surface area contributed by atoms with Crippen LogP contribution in [0.15, 0.2) is 53.4 Å². The van der Waals surface area contributed by atoms with Crippen LogP contribution in [0.4, 0.5) is 10.1 Å². The fourth-order valence-electron chi connectivity index (χ4n) is 1.45. The molecule has 0 bridgehead atoms. The Bertz CT molecular complexity index is 501. The van der Waals surface area contributed by atoms with Gasteiger partial charge in [-0.1, -0.05) is 6.07 Å². The smallest absolute Gasteiger partial charge is 0.123 e. The Balaban J connectivity index is 1.74. The summed E-state index contributed by atoms with van der Waals surface area (Å²) in [6, 6.07) is 13.8. The van der Waals surface area contributed by atoms with Crippen LogP contribution >= 0.6 is 11.8 Å². The first kappa shape index (κ1) is 12.8. The molecule has 4 heteroatoms. The van der Waals surface area contributed by atoms with Gasteiger partial charge in [0.15, 0.2) is 0 Å². The van der Waals surface area contributed by atoms with Crippen LogP contribution in [0.25, 0.3) is 0 Å². The minimum Gasteiger partial charge on any atom is -0.493 e. The number of nitrogen functional groups attached to an aromatic ring is 1. The van der Waals surface area contributed by atoms with Crippen molar-refractivity contribution < 1.29 is 9.13 Å². The summed E-state index contributed by atoms with van der Waals surface area (Å²) >= 11 is 1.63. The van der Waals surface area contributed by atoms with Crippen LogP contribution in [0, 0.1) is 5.82 Å². The summed E-state index contributed by atoms with van der Waals surface area (Å²) in [5.74, 6) is 1.37. The summed E-state index contributed by atoms with van der Waals surface area (Å²) in [6.07, 6.45) is 0. The minimum absolute atomic E-state index is 0.213. The fourth-order valence-corrected chi connectivity index (χ4v) is 2.19. The van der Waals surface area contributed by atoms with Crippen molar-refractivity contribution in [3.63, 3.8) is 0 Å². The molecular formula is C14H14FNOS. The zero-order valence-corrected chi connectivity index (χ0v) is 10.6. The predicted octanol–water partition coefficient (Wildman–Crippen LogP) is 3.58. The van der Waals surface area contributed by atoms with Crippen LogP contribution in [-0.4, -0.2) is 12.4 Å². The number of benzene rings is 2. The number of ether oxygens (including phenoxy) is 1. The van der Waals surface area contributed by atoms with Gasteiger partial charge in [0.1, 0.15) is 11.6 Å². The number of hydrogen-bond donors (Lipinski definition) is 1. The van der Waals surface area contributed by atoms with Gasteiger partial charge in [-0.2, -0.15) is 0 Å². The molecule has 0 spiro atoms. The Kier molecular flexibility index (Phi) is 4.47. The lowest BCUT2D eigenvalue weighted by Crippen LogP contribution is -2.00. The van der Waals surface area contributed by atoms with E-state index in [9.17, 15) is 4.39 Å². The van der Waals surface area contributed by atoms with E-state index >= 15 is 0 Å². The molecule has 0 atom stereocenters. The van der Waals surface area contributed by atoms with Gasteiger partial charge in [-0.25, -0.2) is 4.39 Å². The van der Waals surface area contributed by atoms with Gasteiger partial charge in [0, 0.05) is 22.4 Å². The zero-order chi connectivity index (χ0) is 12.8. The maximum atomic E-state index is 12.7. The highest BCUT2D eigenvalue weighted by Gasteiger charge is 1.97. The molecule has 2 rings (SSSR count). The topological polar surface area (TPSA) is 35.2 Å². The van der Waals surface area contributed by atoms with Crippen LogP contribution < -0.4 is 10.5 Å². The second-order valence-electron chi connectivity index (χ2n) is 3.72. The third-order valence-electron chi connectivity index (χ3n) is 2.29. The highest BCUT2D eigenvalue weighted by Crippen LogP contribution is 2.19. The molecule has 0 amide bonds. The van der Waals surface area contributed by atoms with Crippen molar-refractivity contribution in [1.82, 2.24) is 0 Å². The molecule has 2 aromatic rings. The van der Waals surface area contributed by atoms with E-state index in [1.807, 2.05) is 18.2 Å². The van der Waals surface area contributed by atoms with Crippen LogP contribution in [-0.2, 0) is 0 Å². The molecule has 0 aliphatic heterocycles. The molecule has 0 heterocycles. The summed E-state index contributed by atoms with van der Waals surface area (Å²) in [4.78, 5) is 1.03. The van der Waals surface area contributed by atoms with Gasteiger partial charge in [0.05, 0.1) is 6.61 Å². The number of nitrogens with two attached hydrogens (primary N) is 1. The van der Waals surface area contributed by atoms with Gasteiger partial charge in [-0.05, 0) is 36.4 Å². The molecule has 0 aliphatic rings. The number of halogens is 1. The van der Waals surface area contributed by atoms with Gasteiger partial charge in [0.25, 0.3) is 0 Å². The maximum Gasteiger partial charge on any atom is 0.123 e. The lowest BCUT2D eigenvalue weighted by atomic mass is 10.3. The van der Waals surface area contributed by atoms with Crippen LogP contribution in [0.5, 0.6) is 5.75 Å². The summed E-state index contributed by atoms with van der Waals surface area (Å²) in [5.41, 5.74) is 6.34. The molecule has 2 nitrogen and oxygen atoms in total. The van der Waals surface area contributed by atoms with Crippen molar-refractivity contribution in [2.24, 2.45) is 0 Å². The lowest BCUT2D eigenvalue weighted by Gasteiger charge is -2.06. The number of anilines is 1. The molecule has 94 valence electrons. The Morgan fingerprint density at radius 1 is 1.11 bits per heavy atom. The Labute approximate surface area is 110 Å². The monoisotopic (exact) mass is 263 g/mol. The number of thioether (sulfide) groups is 1. The summed E-state index contributed by atoms with van der Waals surface area (Å²) in [6.45, 7) is 0.589. The third kappa shape index (κ3) is 3.96. The normalized spacial score (nSPS) is 10.3. The molecular weight excluding hydrogens is 249 g/mol. The van der Waals surface area contributed by atoms with Crippen molar-refractivity contribution >= 4 is 17.4 Å². The van der Waals surface area contributed by atoms with Crippen molar-refractivity contribution in [3.05, 3.63) is 54.3 Å². The first-order chi connectivity index (χ1) is 8.74. The molecule has 0 fully saturated rings. The van der Waals surface area contributed by atoms with Gasteiger partial charge in [0.2, 0.25) is 0 Å². The summed E-state index contributed by atoms with van der Waals surface area (Å²) in [7, 11) is 0. The molecule has 0 radical (unpaired) electrons. The summed E-state index contributed by atoms with van der Waals surface area (Å²) in [5, 5.41) is 0. The molecule has 0 saturated heterocycles. The molecule has 0 aromatic heterocycles. The average molecular weight is 263 g/mol. The second-order valence-corrected chi connectivity index (χ2v) is 4.89. The number of hydrogen-bond acceptors (Lipinski definition) is 3. The predicted molar refractivity (Wildman–Crippen MR) is 73.5 cm³/mol. The average Bonchev–Trinajstić information content (AvgIpc) is 2.37. The van der Waals surface area contributed by atoms with Gasteiger partial charge >= 0.3 is 0 Å². The van der Waals surface area contributed by atoms with Crippen molar-refractivity contribution in [2.45, 2.75) is 4.90 Å². The van der Waals surface area contributed by atoms with E-state index in [2.05, 4.69) is 0 Å². The van der Waals surface area contributed by atoms with Crippen molar-refractivity contribution in [3.8, 4) is 5.75 Å². The van der Waals surface area contributed by atoms with E-state index in [1.165, 1.54) is 12.1 Å². The van der Waals surface area contributed by atoms with E-state index in [0.29, 0.717) is 12.3 Å². The van der Waals surface area contributed by atoms with Crippen LogP contribution in [0.1, 0.15) is 0 Å². The number of rotatable bonds is 5. The summed E-state index contributed by atoms with van der Waals surface area (Å²) < 4.78 is 18.2. The van der Waals surface area contributed by atoms with Crippen molar-refractivity contribution in [1.29, 1.82) is 0 Å². The molecule has 2 N–H and O–H groups in total. The standard InChI is InChI=1S/C14H14FNOS/c15-11-4-6-14(7-5-11)18-9-8-17-13-3-1-2-12(16)10-13/h1-7,10H,8-9,16H2. The highest BCUT2D eigenvalue weighted by molar-refractivity contribution is 7.99. The van der Waals surface area contributed by atoms with Crippen LogP contribution in [0.2, 0.25) is 0 Å². The highest BCUT2D eigenvalue weighted by atomic mass is 32.2. The Hall–Kier alpha value is -1.68.